The average molecular weight is 928 g/mol. The Morgan fingerprint density at radius 1 is 0.723 bits per heavy atom. The van der Waals surface area contributed by atoms with Gasteiger partial charge in [-0.2, -0.15) is 0 Å². The fraction of sp³-hybridized carbons (Fsp3) is 0.312. The second-order valence-electron chi connectivity index (χ2n) is 16.3. The maximum atomic E-state index is 10.9. The molecule has 0 atom stereocenters. The normalized spacial score (nSPS) is 14.0. The number of carboxylic acids is 2. The van der Waals surface area contributed by atoms with Crippen LogP contribution >= 0.6 is 23.2 Å². The molecule has 15 nitrogen and oxygen atoms in total. The van der Waals surface area contributed by atoms with Crippen molar-refractivity contribution in [2.75, 3.05) is 37.2 Å². The van der Waals surface area contributed by atoms with Gasteiger partial charge >= 0.3 is 11.9 Å². The molecule has 0 aliphatic carbocycles. The highest BCUT2D eigenvalue weighted by Crippen LogP contribution is 2.33. The van der Waals surface area contributed by atoms with Crippen LogP contribution < -0.4 is 20.5 Å². The summed E-state index contributed by atoms with van der Waals surface area (Å²) in [6.45, 7) is 12.4. The smallest absolute Gasteiger partial charge is 0.309 e. The zero-order valence-corrected chi connectivity index (χ0v) is 38.0. The number of anilines is 2. The Morgan fingerprint density at radius 2 is 1.18 bits per heavy atom. The Labute approximate surface area is 387 Å². The van der Waals surface area contributed by atoms with Crippen molar-refractivity contribution in [3.63, 3.8) is 0 Å². The summed E-state index contributed by atoms with van der Waals surface area (Å²) in [5, 5.41) is 29.8. The molecule has 2 aliphatic heterocycles. The highest BCUT2D eigenvalue weighted by molar-refractivity contribution is 6.32. The van der Waals surface area contributed by atoms with Crippen molar-refractivity contribution in [2.45, 2.75) is 59.5 Å². The number of rotatable bonds is 16. The highest BCUT2D eigenvalue weighted by atomic mass is 35.5. The molecule has 5 N–H and O–H groups in total. The first kappa shape index (κ1) is 48.1. The maximum Gasteiger partial charge on any atom is 0.309 e. The van der Waals surface area contributed by atoms with Gasteiger partial charge in [-0.1, -0.05) is 57.8 Å². The van der Waals surface area contributed by atoms with Gasteiger partial charge < -0.3 is 39.8 Å². The molecule has 0 saturated carbocycles. The first-order chi connectivity index (χ1) is 31.1. The topological polar surface area (TPSA) is 207 Å². The number of aromatic nitrogens is 2. The molecule has 2 fully saturated rings. The van der Waals surface area contributed by atoms with Gasteiger partial charge in [0.2, 0.25) is 0 Å². The van der Waals surface area contributed by atoms with Gasteiger partial charge in [0, 0.05) is 73.9 Å². The van der Waals surface area contributed by atoms with Gasteiger partial charge in [-0.15, -0.1) is 0 Å². The number of aliphatic carboxylic acids is 2. The van der Waals surface area contributed by atoms with E-state index in [0.29, 0.717) is 72.1 Å². The van der Waals surface area contributed by atoms with Gasteiger partial charge in [-0.25, -0.2) is 0 Å². The van der Waals surface area contributed by atoms with Crippen molar-refractivity contribution in [1.29, 1.82) is 0 Å². The lowest BCUT2D eigenvalue weighted by molar-refractivity contribution is -0.148. The van der Waals surface area contributed by atoms with Gasteiger partial charge in [0.25, 0.3) is 0 Å². The van der Waals surface area contributed by atoms with Crippen LogP contribution in [0, 0.1) is 11.8 Å². The summed E-state index contributed by atoms with van der Waals surface area (Å²) in [7, 11) is 0. The van der Waals surface area contributed by atoms with Crippen molar-refractivity contribution in [3.05, 3.63) is 130 Å². The summed E-state index contributed by atoms with van der Waals surface area (Å²) in [6, 6.07) is 30.1. The monoisotopic (exact) mass is 926 g/mol. The van der Waals surface area contributed by atoms with Crippen LogP contribution in [0.3, 0.4) is 0 Å². The van der Waals surface area contributed by atoms with Gasteiger partial charge in [0.05, 0.1) is 40.6 Å². The third kappa shape index (κ3) is 14.0. The number of carboxylic acid groups (broad SMARTS) is 2. The molecule has 6 aromatic rings. The van der Waals surface area contributed by atoms with E-state index in [1.165, 1.54) is 5.56 Å². The lowest BCUT2D eigenvalue weighted by atomic mass is 9.99. The van der Waals surface area contributed by atoms with E-state index >= 15 is 0 Å². The molecule has 65 heavy (non-hydrogen) atoms. The number of ether oxygens (including phenoxy) is 2. The Morgan fingerprint density at radius 3 is 1.62 bits per heavy atom. The summed E-state index contributed by atoms with van der Waals surface area (Å²) in [5.41, 5.74) is 12.3. The van der Waals surface area contributed by atoms with E-state index in [1.54, 1.807) is 24.3 Å². The zero-order chi connectivity index (χ0) is 46.6. The standard InChI is InChI=1S/C24H26ClN3O4.C13H12ClNO3.C11H14N2O2/c1-15(2)31-22-8-5-17(9-21(22)25)23-10-20(27-32-23)11-26-19-6-3-16(4-7-19)12-28-13-18(14-28)24(29)30;1-8(2)17-12-4-3-9(5-11(12)14)13-6-10(7-16)15-18-13;12-10-3-1-8(2-4-10)5-13-6-9(7-13)11(14)15/h3-10,15,18,26H,11-14H2,1-2H3,(H,29,30);3-8H,1-2H3;1-4,9H,5-7,12H2,(H,14,15). The number of aldehydes is 1. The SMILES string of the molecule is CC(C)Oc1ccc(-c2cc(C=O)no2)cc1Cl.CC(C)Oc1ccc(-c2cc(CNc3ccc(CN4CC(C(=O)O)C4)cc3)no2)cc1Cl.Nc1ccc(CN2CC(C(=O)O)C2)cc1. The van der Waals surface area contributed by atoms with Crippen LogP contribution in [-0.2, 0) is 29.2 Å². The Hall–Kier alpha value is -6.39. The number of carbonyl (C=O) groups is 3. The minimum absolute atomic E-state index is 0.0513. The molecule has 0 unspecified atom stereocenters. The quantitative estimate of drug-likeness (QED) is 0.0527. The molecule has 0 spiro atoms. The van der Waals surface area contributed by atoms with E-state index in [0.717, 1.165) is 46.8 Å². The number of carbonyl (C=O) groups excluding carboxylic acids is 1. The number of nitrogens with zero attached hydrogens (tertiary/aromatic N) is 4. The molecule has 2 aliphatic rings. The third-order valence-corrected chi connectivity index (χ3v) is 10.8. The molecule has 2 saturated heterocycles. The molecule has 0 bridgehead atoms. The minimum Gasteiger partial charge on any atom is -0.489 e. The van der Waals surface area contributed by atoms with Gasteiger partial charge in [0.15, 0.2) is 17.8 Å². The molecule has 0 radical (unpaired) electrons. The highest BCUT2D eigenvalue weighted by Gasteiger charge is 2.33. The molecule has 0 amide bonds. The predicted octanol–water partition coefficient (Wildman–Crippen LogP) is 9.29. The van der Waals surface area contributed by atoms with Crippen molar-refractivity contribution < 1.29 is 43.1 Å². The van der Waals surface area contributed by atoms with Crippen molar-refractivity contribution >= 4 is 52.8 Å². The first-order valence-electron chi connectivity index (χ1n) is 21.0. The second kappa shape index (κ2) is 22.5. The third-order valence-electron chi connectivity index (χ3n) is 10.2. The van der Waals surface area contributed by atoms with E-state index in [-0.39, 0.29) is 29.7 Å². The van der Waals surface area contributed by atoms with E-state index in [9.17, 15) is 14.4 Å². The van der Waals surface area contributed by atoms with Crippen LogP contribution in [0.4, 0.5) is 11.4 Å². The molecule has 4 heterocycles. The van der Waals surface area contributed by atoms with Crippen LogP contribution in [0.15, 0.2) is 106 Å². The van der Waals surface area contributed by atoms with Crippen molar-refractivity contribution in [2.24, 2.45) is 11.8 Å². The maximum absolute atomic E-state index is 10.9. The van der Waals surface area contributed by atoms with E-state index in [4.69, 9.17) is 57.7 Å². The summed E-state index contributed by atoms with van der Waals surface area (Å²) in [6.07, 6.45) is 0.737. The van der Waals surface area contributed by atoms with Gasteiger partial charge in [0.1, 0.15) is 22.9 Å². The molecule has 342 valence electrons. The lowest BCUT2D eigenvalue weighted by Gasteiger charge is -2.36. The molecule has 2 aromatic heterocycles. The number of nitrogens with one attached hydrogen (secondary N) is 1. The van der Waals surface area contributed by atoms with Crippen molar-refractivity contribution in [1.82, 2.24) is 20.1 Å². The largest absolute Gasteiger partial charge is 0.489 e. The van der Waals surface area contributed by atoms with Gasteiger partial charge in [-0.05, 0) is 99.5 Å². The summed E-state index contributed by atoms with van der Waals surface area (Å²) in [5.74, 6) is 0.584. The molecule has 17 heteroatoms. The number of hydrogen-bond donors (Lipinski definition) is 4. The summed E-state index contributed by atoms with van der Waals surface area (Å²) in [4.78, 5) is 36.3. The minimum atomic E-state index is -0.711. The number of hydrogen-bond acceptors (Lipinski definition) is 13. The van der Waals surface area contributed by atoms with Crippen molar-refractivity contribution in [3.8, 4) is 34.1 Å². The molecular formula is C48H52Cl2N6O9. The van der Waals surface area contributed by atoms with Crippen LogP contribution in [-0.4, -0.2) is 86.9 Å². The summed E-state index contributed by atoms with van der Waals surface area (Å²) >= 11 is 12.4. The van der Waals surface area contributed by atoms with Crippen LogP contribution in [0.25, 0.3) is 22.6 Å². The Bertz CT molecular complexity index is 2520. The predicted molar refractivity (Wildman–Crippen MR) is 248 cm³/mol. The second-order valence-corrected chi connectivity index (χ2v) is 17.1. The molecule has 8 rings (SSSR count). The molecule has 4 aromatic carbocycles. The van der Waals surface area contributed by atoms with E-state index < -0.39 is 11.9 Å². The molecular weight excluding hydrogens is 875 g/mol. The number of nitrogens with two attached hydrogens (primary N) is 1. The Kier molecular flexibility index (Phi) is 16.6. The summed E-state index contributed by atoms with van der Waals surface area (Å²) < 4.78 is 21.7. The number of nitrogen functional groups attached to an aromatic ring is 1. The van der Waals surface area contributed by atoms with E-state index in [1.807, 2.05) is 100 Å². The average Bonchev–Trinajstić information content (AvgIpc) is 3.93. The van der Waals surface area contributed by atoms with Crippen LogP contribution in [0.5, 0.6) is 11.5 Å². The zero-order valence-electron chi connectivity index (χ0n) is 36.4. The van der Waals surface area contributed by atoms with Crippen LogP contribution in [0.1, 0.15) is 55.0 Å². The number of likely N-dealkylation sites (tertiary alicyclic amines) is 2. The van der Waals surface area contributed by atoms with E-state index in [2.05, 4.69) is 25.4 Å². The Balaban J connectivity index is 0.000000178. The van der Waals surface area contributed by atoms with Gasteiger partial charge in [-0.3, -0.25) is 24.2 Å². The van der Waals surface area contributed by atoms with Crippen LogP contribution in [0.2, 0.25) is 10.0 Å². The number of halogens is 2. The number of benzene rings is 4. The fourth-order valence-corrected chi connectivity index (χ4v) is 7.24. The first-order valence-corrected chi connectivity index (χ1v) is 21.8. The lowest BCUT2D eigenvalue weighted by Crippen LogP contribution is -2.49. The fourth-order valence-electron chi connectivity index (χ4n) is 6.79.